The Kier molecular flexibility index (Phi) is 5.33. The monoisotopic (exact) mass is 387 g/mol. The number of fused-ring (bicyclic) bond motifs is 1. The smallest absolute Gasteiger partial charge is 0.168 e. The quantitative estimate of drug-likeness (QED) is 0.396. The second-order valence-electron chi connectivity index (χ2n) is 6.66. The lowest BCUT2D eigenvalue weighted by atomic mass is 10.1. The molecule has 3 heterocycles. The van der Waals surface area contributed by atoms with Gasteiger partial charge in [0.2, 0.25) is 0 Å². The number of unbranched alkanes of at least 4 members (excludes halogenated alkanes) is 2. The fraction of sp³-hybridized carbons (Fsp3) is 0.250. The number of hydrogen-bond donors (Lipinski definition) is 3. The highest BCUT2D eigenvalue weighted by atomic mass is 15.3. The summed E-state index contributed by atoms with van der Waals surface area (Å²) in [6, 6.07) is 12.0. The number of hydrogen-bond acceptors (Lipinski definition) is 7. The summed E-state index contributed by atoms with van der Waals surface area (Å²) < 4.78 is 1.81. The van der Waals surface area contributed by atoms with E-state index >= 15 is 0 Å². The Bertz CT molecular complexity index is 1140. The van der Waals surface area contributed by atoms with Gasteiger partial charge in [-0.15, -0.1) is 0 Å². The van der Waals surface area contributed by atoms with Crippen LogP contribution in [0.5, 0.6) is 0 Å². The minimum absolute atomic E-state index is 0.271. The van der Waals surface area contributed by atoms with Gasteiger partial charge in [-0.25, -0.2) is 14.6 Å². The number of benzene rings is 1. The number of nitrogens with one attached hydrogen (secondary N) is 2. The molecular formula is C20H21N9. The van der Waals surface area contributed by atoms with Gasteiger partial charge in [0.1, 0.15) is 23.8 Å². The van der Waals surface area contributed by atoms with E-state index in [0.717, 1.165) is 60.5 Å². The van der Waals surface area contributed by atoms with E-state index in [1.54, 1.807) is 12.5 Å². The highest BCUT2D eigenvalue weighted by molar-refractivity contribution is 5.87. The molecule has 0 aliphatic carbocycles. The molecule has 3 aromatic heterocycles. The van der Waals surface area contributed by atoms with Crippen LogP contribution in [0.1, 0.15) is 30.5 Å². The normalized spacial score (nSPS) is 10.9. The van der Waals surface area contributed by atoms with E-state index in [-0.39, 0.29) is 5.82 Å². The zero-order valence-electron chi connectivity index (χ0n) is 15.8. The number of anilines is 2. The summed E-state index contributed by atoms with van der Waals surface area (Å²) >= 11 is 0. The van der Waals surface area contributed by atoms with Crippen molar-refractivity contribution in [2.24, 2.45) is 0 Å². The van der Waals surface area contributed by atoms with E-state index < -0.39 is 0 Å². The summed E-state index contributed by atoms with van der Waals surface area (Å²) in [5.74, 6) is 1.05. The van der Waals surface area contributed by atoms with Crippen molar-refractivity contribution in [2.45, 2.75) is 25.7 Å². The molecule has 0 radical (unpaired) electrons. The standard InChI is InChI=1S/C20H21N9/c21-11-15-17(27-28-18(15)22)9-5-2-6-10-23-19-16-12-26-29(20(16)25-13-24-19)14-7-3-1-4-8-14/h1,3-4,7-8,12-13H,2,5-6,9-10H2,(H3,22,27,28)(H,23,24,25). The van der Waals surface area contributed by atoms with Gasteiger partial charge in [0.25, 0.3) is 0 Å². The van der Waals surface area contributed by atoms with E-state index in [1.165, 1.54) is 0 Å². The zero-order valence-corrected chi connectivity index (χ0v) is 15.8. The molecule has 146 valence electrons. The van der Waals surface area contributed by atoms with Crippen LogP contribution < -0.4 is 11.1 Å². The van der Waals surface area contributed by atoms with Crippen molar-refractivity contribution in [1.82, 2.24) is 29.9 Å². The maximum Gasteiger partial charge on any atom is 0.168 e. The Hall–Kier alpha value is -3.93. The Balaban J connectivity index is 1.32. The van der Waals surface area contributed by atoms with Crippen LogP contribution in [0.15, 0.2) is 42.9 Å². The highest BCUT2D eigenvalue weighted by Crippen LogP contribution is 2.21. The molecular weight excluding hydrogens is 366 g/mol. The van der Waals surface area contributed by atoms with E-state index in [0.29, 0.717) is 5.56 Å². The lowest BCUT2D eigenvalue weighted by Crippen LogP contribution is -2.05. The lowest BCUT2D eigenvalue weighted by molar-refractivity contribution is 0.687. The molecule has 0 atom stereocenters. The Morgan fingerprint density at radius 2 is 2.00 bits per heavy atom. The summed E-state index contributed by atoms with van der Waals surface area (Å²) in [5, 5.41) is 24.6. The van der Waals surface area contributed by atoms with Crippen LogP contribution in [-0.4, -0.2) is 36.5 Å². The predicted molar refractivity (Wildman–Crippen MR) is 110 cm³/mol. The largest absolute Gasteiger partial charge is 0.381 e. The molecule has 4 N–H and O–H groups in total. The minimum Gasteiger partial charge on any atom is -0.381 e. The first kappa shape index (κ1) is 18.4. The molecule has 0 fully saturated rings. The highest BCUT2D eigenvalue weighted by Gasteiger charge is 2.11. The Labute approximate surface area is 167 Å². The van der Waals surface area contributed by atoms with Crippen molar-refractivity contribution in [1.29, 1.82) is 5.26 Å². The molecule has 0 saturated heterocycles. The molecule has 9 heteroatoms. The van der Waals surface area contributed by atoms with Crippen molar-refractivity contribution < 1.29 is 0 Å². The second kappa shape index (κ2) is 8.39. The molecule has 4 aromatic rings. The average Bonchev–Trinajstić information content (AvgIpc) is 3.35. The van der Waals surface area contributed by atoms with Gasteiger partial charge in [-0.3, -0.25) is 5.10 Å². The first-order chi connectivity index (χ1) is 14.3. The number of aromatic amines is 1. The summed E-state index contributed by atoms with van der Waals surface area (Å²) in [6.07, 6.45) is 7.03. The Morgan fingerprint density at radius 1 is 1.14 bits per heavy atom. The van der Waals surface area contributed by atoms with Crippen LogP contribution in [0, 0.1) is 11.3 Å². The number of rotatable bonds is 8. The Morgan fingerprint density at radius 3 is 2.83 bits per heavy atom. The van der Waals surface area contributed by atoms with Gasteiger partial charge in [-0.1, -0.05) is 24.6 Å². The van der Waals surface area contributed by atoms with E-state index in [4.69, 9.17) is 11.0 Å². The predicted octanol–water partition coefficient (Wildman–Crippen LogP) is 2.82. The van der Waals surface area contributed by atoms with Crippen LogP contribution in [0.25, 0.3) is 16.7 Å². The zero-order chi connectivity index (χ0) is 20.1. The van der Waals surface area contributed by atoms with Crippen LogP contribution in [0.3, 0.4) is 0 Å². The molecule has 1 aromatic carbocycles. The third-order valence-corrected chi connectivity index (χ3v) is 4.74. The number of nitrogens with two attached hydrogens (primary N) is 1. The van der Waals surface area contributed by atoms with Crippen molar-refractivity contribution in [3.63, 3.8) is 0 Å². The first-order valence-corrected chi connectivity index (χ1v) is 9.48. The summed E-state index contributed by atoms with van der Waals surface area (Å²) in [6.45, 7) is 0.791. The number of nitrogens with zero attached hydrogens (tertiary/aromatic N) is 6. The van der Waals surface area contributed by atoms with Crippen molar-refractivity contribution in [3.8, 4) is 11.8 Å². The van der Waals surface area contributed by atoms with Crippen LogP contribution in [0.4, 0.5) is 11.6 Å². The molecule has 0 saturated carbocycles. The lowest BCUT2D eigenvalue weighted by Gasteiger charge is -2.07. The van der Waals surface area contributed by atoms with Crippen molar-refractivity contribution in [3.05, 3.63) is 54.1 Å². The third-order valence-electron chi connectivity index (χ3n) is 4.74. The van der Waals surface area contributed by atoms with E-state index in [9.17, 15) is 0 Å². The summed E-state index contributed by atoms with van der Waals surface area (Å²) in [4.78, 5) is 8.76. The average molecular weight is 387 g/mol. The van der Waals surface area contributed by atoms with Crippen LogP contribution in [-0.2, 0) is 6.42 Å². The van der Waals surface area contributed by atoms with E-state index in [1.807, 2.05) is 35.0 Å². The maximum atomic E-state index is 9.10. The van der Waals surface area contributed by atoms with E-state index in [2.05, 4.69) is 36.7 Å². The van der Waals surface area contributed by atoms with Gasteiger partial charge in [-0.05, 0) is 31.4 Å². The number of aromatic nitrogens is 6. The van der Waals surface area contributed by atoms with Gasteiger partial charge in [-0.2, -0.15) is 15.5 Å². The molecule has 0 amide bonds. The number of H-pyrrole nitrogens is 1. The topological polar surface area (TPSA) is 134 Å². The third kappa shape index (κ3) is 3.87. The first-order valence-electron chi connectivity index (χ1n) is 9.48. The fourth-order valence-corrected chi connectivity index (χ4v) is 3.25. The molecule has 0 aliphatic heterocycles. The molecule has 0 spiro atoms. The summed E-state index contributed by atoms with van der Waals surface area (Å²) in [5.41, 5.74) is 8.66. The maximum absolute atomic E-state index is 9.10. The molecule has 4 rings (SSSR count). The van der Waals surface area contributed by atoms with Crippen molar-refractivity contribution >= 4 is 22.7 Å². The van der Waals surface area contributed by atoms with Gasteiger partial charge < -0.3 is 11.1 Å². The molecule has 0 bridgehead atoms. The molecule has 29 heavy (non-hydrogen) atoms. The molecule has 0 unspecified atom stereocenters. The fourth-order valence-electron chi connectivity index (χ4n) is 3.25. The van der Waals surface area contributed by atoms with Gasteiger partial charge in [0.15, 0.2) is 11.5 Å². The SMILES string of the molecule is N#Cc1c(N)n[nH]c1CCCCCNc1ncnc2c1cnn2-c1ccccc1. The van der Waals surface area contributed by atoms with Gasteiger partial charge in [0.05, 0.1) is 23.0 Å². The molecule has 9 nitrogen and oxygen atoms in total. The van der Waals surface area contributed by atoms with Crippen LogP contribution >= 0.6 is 0 Å². The van der Waals surface area contributed by atoms with Crippen LogP contribution in [0.2, 0.25) is 0 Å². The molecule has 0 aliphatic rings. The van der Waals surface area contributed by atoms with Gasteiger partial charge in [0, 0.05) is 6.54 Å². The number of nitriles is 1. The number of nitrogen functional groups attached to an aromatic ring is 1. The summed E-state index contributed by atoms with van der Waals surface area (Å²) in [7, 11) is 0. The number of aryl methyl sites for hydroxylation is 1. The van der Waals surface area contributed by atoms with Crippen molar-refractivity contribution in [2.75, 3.05) is 17.6 Å². The van der Waals surface area contributed by atoms with Gasteiger partial charge >= 0.3 is 0 Å². The number of para-hydroxylation sites is 1. The minimum atomic E-state index is 0.271. The second-order valence-corrected chi connectivity index (χ2v) is 6.66.